The Kier molecular flexibility index (Phi) is 5.82. The third-order valence-electron chi connectivity index (χ3n) is 6.77. The van der Waals surface area contributed by atoms with E-state index in [0.717, 1.165) is 24.1 Å². The average Bonchev–Trinajstić information content (AvgIpc) is 3.19. The van der Waals surface area contributed by atoms with E-state index in [0.29, 0.717) is 0 Å². The molecule has 0 fully saturated rings. The molecule has 2 nitrogen and oxygen atoms in total. The molecule has 34 heavy (non-hydrogen) atoms. The first kappa shape index (κ1) is 23.1. The molecule has 5 rings (SSSR count). The van der Waals surface area contributed by atoms with Crippen molar-refractivity contribution in [2.45, 2.75) is 32.0 Å². The Balaban J connectivity index is 1.80. The topological polar surface area (TPSA) is 18.5 Å². The van der Waals surface area contributed by atoms with Crippen molar-refractivity contribution in [3.63, 3.8) is 0 Å². The van der Waals surface area contributed by atoms with Crippen LogP contribution < -0.4 is 25.4 Å². The molecule has 0 amide bonds. The number of fused-ring (bicyclic) bond motifs is 1. The zero-order valence-electron chi connectivity index (χ0n) is 19.9. The maximum atomic E-state index is 6.25. The van der Waals surface area contributed by atoms with Gasteiger partial charge in [0, 0.05) is 0 Å². The second-order valence-electron chi connectivity index (χ2n) is 9.67. The van der Waals surface area contributed by atoms with Crippen molar-refractivity contribution in [3.8, 4) is 11.5 Å². The predicted molar refractivity (Wildman–Crippen MR) is 149 cm³/mol. The zero-order chi connectivity index (χ0) is 23.8. The van der Waals surface area contributed by atoms with Crippen LogP contribution in [-0.2, 0) is 12.6 Å². The summed E-state index contributed by atoms with van der Waals surface area (Å²) in [6.45, 7) is 4.27. The van der Waals surface area contributed by atoms with Crippen LogP contribution >= 0.6 is 20.8 Å². The van der Waals surface area contributed by atoms with Crippen LogP contribution in [0.15, 0.2) is 103 Å². The molecule has 0 radical (unpaired) electrons. The van der Waals surface area contributed by atoms with Crippen molar-refractivity contribution in [2.24, 2.45) is 0 Å². The standard InChI is InChI=1S/C30H30BrO2P/c1-30(2)21-24-19-23(20-28(32-3)29(24)33-30)22-34(31,25-13-7-4-8-14-25,26-15-9-5-10-16-26)27-17-11-6-12-18-27/h4-20H,21-22H2,1-3H3. The van der Waals surface area contributed by atoms with E-state index in [-0.39, 0.29) is 5.60 Å². The van der Waals surface area contributed by atoms with Crippen LogP contribution in [0.5, 0.6) is 11.5 Å². The fourth-order valence-electron chi connectivity index (χ4n) is 5.26. The maximum absolute atomic E-state index is 6.25. The fraction of sp³-hybridized carbons (Fsp3) is 0.200. The van der Waals surface area contributed by atoms with E-state index in [1.165, 1.54) is 27.0 Å². The summed E-state index contributed by atoms with van der Waals surface area (Å²) in [6.07, 6.45) is 1.69. The zero-order valence-corrected chi connectivity index (χ0v) is 22.4. The van der Waals surface area contributed by atoms with E-state index in [2.05, 4.69) is 132 Å². The summed E-state index contributed by atoms with van der Waals surface area (Å²) in [4.78, 5) is 0. The normalized spacial score (nSPS) is 15.6. The molecule has 0 aliphatic carbocycles. The van der Waals surface area contributed by atoms with E-state index in [9.17, 15) is 0 Å². The first-order chi connectivity index (χ1) is 16.3. The Morgan fingerprint density at radius 3 is 1.71 bits per heavy atom. The molecule has 1 aliphatic heterocycles. The van der Waals surface area contributed by atoms with Crippen LogP contribution in [0.25, 0.3) is 0 Å². The monoisotopic (exact) mass is 532 g/mol. The first-order valence-electron chi connectivity index (χ1n) is 11.6. The van der Waals surface area contributed by atoms with Gasteiger partial charge in [0.2, 0.25) is 0 Å². The molecule has 0 bridgehead atoms. The number of rotatable bonds is 6. The number of benzene rings is 4. The predicted octanol–water partition coefficient (Wildman–Crippen LogP) is 6.75. The van der Waals surface area contributed by atoms with Crippen LogP contribution in [0.4, 0.5) is 0 Å². The van der Waals surface area contributed by atoms with Gasteiger partial charge in [-0.2, -0.15) is 0 Å². The molecule has 1 aliphatic rings. The van der Waals surface area contributed by atoms with Crippen LogP contribution in [0.3, 0.4) is 0 Å². The fourth-order valence-corrected chi connectivity index (χ4v) is 13.0. The summed E-state index contributed by atoms with van der Waals surface area (Å²) in [5.74, 6) is 1.69. The minimum atomic E-state index is -3.07. The van der Waals surface area contributed by atoms with Gasteiger partial charge in [-0.05, 0) is 0 Å². The van der Waals surface area contributed by atoms with Gasteiger partial charge in [0.1, 0.15) is 0 Å². The van der Waals surface area contributed by atoms with E-state index in [1.807, 2.05) is 0 Å². The van der Waals surface area contributed by atoms with Gasteiger partial charge in [-0.1, -0.05) is 0 Å². The van der Waals surface area contributed by atoms with E-state index in [1.54, 1.807) is 7.11 Å². The van der Waals surface area contributed by atoms with Crippen molar-refractivity contribution >= 4 is 36.7 Å². The summed E-state index contributed by atoms with van der Waals surface area (Å²) >= 11 is 4.56. The average molecular weight is 533 g/mol. The first-order valence-corrected chi connectivity index (χ1v) is 16.1. The number of ether oxygens (including phenoxy) is 2. The van der Waals surface area contributed by atoms with Crippen LogP contribution in [0.1, 0.15) is 25.0 Å². The molecule has 4 aromatic carbocycles. The minimum absolute atomic E-state index is 0.230. The van der Waals surface area contributed by atoms with Crippen molar-refractivity contribution in [3.05, 3.63) is 114 Å². The molecule has 0 unspecified atom stereocenters. The van der Waals surface area contributed by atoms with Gasteiger partial charge >= 0.3 is 211 Å². The van der Waals surface area contributed by atoms with Gasteiger partial charge in [0.15, 0.2) is 0 Å². The van der Waals surface area contributed by atoms with Crippen molar-refractivity contribution in [1.29, 1.82) is 0 Å². The van der Waals surface area contributed by atoms with E-state index >= 15 is 0 Å². The molecule has 0 atom stereocenters. The van der Waals surface area contributed by atoms with Gasteiger partial charge in [-0.15, -0.1) is 0 Å². The van der Waals surface area contributed by atoms with Crippen molar-refractivity contribution < 1.29 is 9.47 Å². The quantitative estimate of drug-likeness (QED) is 0.256. The van der Waals surface area contributed by atoms with Crippen LogP contribution in [-0.4, -0.2) is 12.7 Å². The van der Waals surface area contributed by atoms with Crippen LogP contribution in [0, 0.1) is 0 Å². The van der Waals surface area contributed by atoms with Crippen LogP contribution in [0.2, 0.25) is 0 Å². The molecule has 0 spiro atoms. The Bertz CT molecular complexity index is 1200. The summed E-state index contributed by atoms with van der Waals surface area (Å²) < 4.78 is 12.1. The molecule has 4 aromatic rings. The number of methoxy groups -OCH3 is 1. The van der Waals surface area contributed by atoms with Gasteiger partial charge in [-0.25, -0.2) is 0 Å². The Morgan fingerprint density at radius 1 is 0.794 bits per heavy atom. The summed E-state index contributed by atoms with van der Waals surface area (Å²) in [5, 5.41) is 0.848. The van der Waals surface area contributed by atoms with Gasteiger partial charge in [0.25, 0.3) is 0 Å². The molecular formula is C30H30BrO2P. The van der Waals surface area contributed by atoms with Gasteiger partial charge in [-0.3, -0.25) is 0 Å². The molecule has 1 heterocycles. The molecule has 0 saturated carbocycles. The molecule has 0 aromatic heterocycles. The molecule has 4 heteroatoms. The summed E-state index contributed by atoms with van der Waals surface area (Å²) in [5.41, 5.74) is 2.22. The van der Waals surface area contributed by atoms with Gasteiger partial charge < -0.3 is 0 Å². The number of hydrogen-bond donors (Lipinski definition) is 0. The molecular weight excluding hydrogens is 503 g/mol. The Hall–Kier alpha value is -2.61. The molecule has 174 valence electrons. The third-order valence-corrected chi connectivity index (χ3v) is 16.3. The van der Waals surface area contributed by atoms with E-state index < -0.39 is 5.31 Å². The summed E-state index contributed by atoms with van der Waals surface area (Å²) in [6, 6.07) is 37.2. The summed E-state index contributed by atoms with van der Waals surface area (Å²) in [7, 11) is 1.73. The Morgan fingerprint density at radius 2 is 1.26 bits per heavy atom. The third kappa shape index (κ3) is 3.76. The number of halogens is 1. The molecule has 0 N–H and O–H groups in total. The molecule has 0 saturated heterocycles. The second-order valence-corrected chi connectivity index (χ2v) is 18.6. The Labute approximate surface area is 210 Å². The second kappa shape index (κ2) is 8.56. The number of hydrogen-bond acceptors (Lipinski definition) is 2. The van der Waals surface area contributed by atoms with Crippen molar-refractivity contribution in [2.75, 3.05) is 7.11 Å². The van der Waals surface area contributed by atoms with E-state index in [4.69, 9.17) is 9.47 Å². The van der Waals surface area contributed by atoms with Gasteiger partial charge in [0.05, 0.1) is 0 Å². The SMILES string of the molecule is COc1cc(CP(Br)(c2ccccc2)(c2ccccc2)c2ccccc2)cc2c1OC(C)(C)C2. The van der Waals surface area contributed by atoms with Crippen molar-refractivity contribution in [1.82, 2.24) is 0 Å².